The van der Waals surface area contributed by atoms with Crippen LogP contribution in [0.25, 0.3) is 16.8 Å². The van der Waals surface area contributed by atoms with E-state index in [0.29, 0.717) is 0 Å². The van der Waals surface area contributed by atoms with E-state index in [1.165, 1.54) is 0 Å². The number of nitrogens with one attached hydrogen (secondary N) is 1. The number of pyridine rings is 1. The van der Waals surface area contributed by atoms with E-state index in [2.05, 4.69) is 35.4 Å². The van der Waals surface area contributed by atoms with E-state index in [1.807, 2.05) is 41.8 Å². The molecule has 3 heterocycles. The second-order valence-electron chi connectivity index (χ2n) is 6.31. The van der Waals surface area contributed by atoms with Crippen molar-refractivity contribution in [2.75, 3.05) is 5.32 Å². The third-order valence-electron chi connectivity index (χ3n) is 4.34. The molecule has 0 spiro atoms. The lowest BCUT2D eigenvalue weighted by molar-refractivity contribution is 0.858. The Morgan fingerprint density at radius 1 is 1.04 bits per heavy atom. The Hall–Kier alpha value is -3.21. The molecule has 0 fully saturated rings. The van der Waals surface area contributed by atoms with Crippen molar-refractivity contribution in [1.29, 1.82) is 0 Å². The van der Waals surface area contributed by atoms with Crippen LogP contribution in [0, 0.1) is 6.92 Å². The first-order valence-corrected chi connectivity index (χ1v) is 8.88. The quantitative estimate of drug-likeness (QED) is 0.566. The summed E-state index contributed by atoms with van der Waals surface area (Å²) in [5.41, 5.74) is 6.11. The highest BCUT2D eigenvalue weighted by molar-refractivity contribution is 5.81. The van der Waals surface area contributed by atoms with Gasteiger partial charge in [0.25, 0.3) is 0 Å². The number of hydrogen-bond donors (Lipinski definition) is 1. The Morgan fingerprint density at radius 2 is 1.81 bits per heavy atom. The molecular weight excluding hydrogens is 322 g/mol. The smallest absolute Gasteiger partial charge is 0.165 e. The first-order valence-electron chi connectivity index (χ1n) is 8.88. The van der Waals surface area contributed by atoms with E-state index < -0.39 is 0 Å². The van der Waals surface area contributed by atoms with Crippen molar-refractivity contribution in [1.82, 2.24) is 19.6 Å². The Kier molecular flexibility index (Phi) is 4.35. The number of aryl methyl sites for hydroxylation is 2. The molecule has 1 aromatic carbocycles. The SMILES string of the molecule is CCCc1cc(Nc2ccncc2)n2nc(C)c(-c3ccccc3)c2n1. The van der Waals surface area contributed by atoms with Gasteiger partial charge in [-0.25, -0.2) is 4.98 Å². The van der Waals surface area contributed by atoms with Crippen LogP contribution in [0.2, 0.25) is 0 Å². The second-order valence-corrected chi connectivity index (χ2v) is 6.31. The third kappa shape index (κ3) is 3.04. The molecule has 0 radical (unpaired) electrons. The molecule has 0 atom stereocenters. The number of benzene rings is 1. The average molecular weight is 343 g/mol. The lowest BCUT2D eigenvalue weighted by atomic mass is 10.1. The topological polar surface area (TPSA) is 55.1 Å². The third-order valence-corrected chi connectivity index (χ3v) is 4.34. The van der Waals surface area contributed by atoms with Crippen LogP contribution < -0.4 is 5.32 Å². The van der Waals surface area contributed by atoms with Gasteiger partial charge in [-0.15, -0.1) is 0 Å². The molecular formula is C21H21N5. The molecule has 0 aliphatic heterocycles. The van der Waals surface area contributed by atoms with Crippen LogP contribution >= 0.6 is 0 Å². The standard InChI is InChI=1S/C21H21N5/c1-3-7-18-14-19(23-17-10-12-22-13-11-17)26-21(24-18)20(15(2)25-26)16-8-5-4-6-9-16/h4-6,8-14H,3,7H2,1-2H3,(H,22,23). The summed E-state index contributed by atoms with van der Waals surface area (Å²) in [5, 5.41) is 8.22. The van der Waals surface area contributed by atoms with E-state index >= 15 is 0 Å². The van der Waals surface area contributed by atoms with E-state index in [4.69, 9.17) is 10.1 Å². The van der Waals surface area contributed by atoms with E-state index in [9.17, 15) is 0 Å². The highest BCUT2D eigenvalue weighted by Gasteiger charge is 2.16. The van der Waals surface area contributed by atoms with Crippen LogP contribution in [0.3, 0.4) is 0 Å². The van der Waals surface area contributed by atoms with Gasteiger partial charge in [-0.2, -0.15) is 9.61 Å². The number of rotatable bonds is 5. The summed E-state index contributed by atoms with van der Waals surface area (Å²) in [6.07, 6.45) is 5.53. The van der Waals surface area contributed by atoms with Crippen LogP contribution in [-0.4, -0.2) is 19.6 Å². The van der Waals surface area contributed by atoms with Crippen molar-refractivity contribution >= 4 is 17.2 Å². The number of hydrogen-bond acceptors (Lipinski definition) is 4. The Morgan fingerprint density at radius 3 is 2.54 bits per heavy atom. The van der Waals surface area contributed by atoms with Crippen LogP contribution in [0.15, 0.2) is 60.9 Å². The summed E-state index contributed by atoms with van der Waals surface area (Å²) in [6, 6.07) is 16.3. The normalized spacial score (nSPS) is 11.0. The maximum atomic E-state index is 4.91. The molecule has 4 rings (SSSR count). The molecule has 0 saturated carbocycles. The minimum Gasteiger partial charge on any atom is -0.340 e. The van der Waals surface area contributed by atoms with Crippen molar-refractivity contribution in [3.05, 3.63) is 72.3 Å². The number of fused-ring (bicyclic) bond motifs is 1. The zero-order valence-electron chi connectivity index (χ0n) is 15.0. The molecule has 0 aliphatic carbocycles. The summed E-state index contributed by atoms with van der Waals surface area (Å²) >= 11 is 0. The fourth-order valence-corrected chi connectivity index (χ4v) is 3.17. The van der Waals surface area contributed by atoms with Gasteiger partial charge in [0, 0.05) is 35.4 Å². The molecule has 0 bridgehead atoms. The molecule has 0 aliphatic rings. The molecule has 0 unspecified atom stereocenters. The Labute approximate surface area is 152 Å². The van der Waals surface area contributed by atoms with Gasteiger partial charge in [0.1, 0.15) is 5.82 Å². The zero-order chi connectivity index (χ0) is 17.9. The predicted octanol–water partition coefficient (Wildman–Crippen LogP) is 4.80. The molecule has 5 heteroatoms. The molecule has 3 aromatic heterocycles. The summed E-state index contributed by atoms with van der Waals surface area (Å²) in [6.45, 7) is 4.20. The van der Waals surface area contributed by atoms with Crippen molar-refractivity contribution < 1.29 is 0 Å². The van der Waals surface area contributed by atoms with Gasteiger partial charge < -0.3 is 5.32 Å². The Bertz CT molecular complexity index is 1020. The lowest BCUT2D eigenvalue weighted by Crippen LogP contribution is -2.04. The molecule has 0 amide bonds. The van der Waals surface area contributed by atoms with Crippen molar-refractivity contribution in [3.63, 3.8) is 0 Å². The highest BCUT2D eigenvalue weighted by atomic mass is 15.3. The van der Waals surface area contributed by atoms with Gasteiger partial charge in [-0.05, 0) is 31.0 Å². The molecule has 130 valence electrons. The first-order chi connectivity index (χ1) is 12.8. The zero-order valence-corrected chi connectivity index (χ0v) is 15.0. The average Bonchev–Trinajstić information content (AvgIpc) is 3.00. The number of nitrogens with zero attached hydrogens (tertiary/aromatic N) is 4. The summed E-state index contributed by atoms with van der Waals surface area (Å²) in [4.78, 5) is 8.99. The van der Waals surface area contributed by atoms with E-state index in [0.717, 1.165) is 52.5 Å². The van der Waals surface area contributed by atoms with Crippen LogP contribution in [0.4, 0.5) is 11.5 Å². The fraction of sp³-hybridized carbons (Fsp3) is 0.190. The molecule has 0 saturated heterocycles. The summed E-state index contributed by atoms with van der Waals surface area (Å²) < 4.78 is 1.90. The second kappa shape index (κ2) is 6.96. The summed E-state index contributed by atoms with van der Waals surface area (Å²) in [7, 11) is 0. The molecule has 4 aromatic rings. The van der Waals surface area contributed by atoms with Crippen molar-refractivity contribution in [2.24, 2.45) is 0 Å². The van der Waals surface area contributed by atoms with Crippen LogP contribution in [0.5, 0.6) is 0 Å². The van der Waals surface area contributed by atoms with Crippen molar-refractivity contribution in [2.45, 2.75) is 26.7 Å². The van der Waals surface area contributed by atoms with Crippen LogP contribution in [-0.2, 0) is 6.42 Å². The van der Waals surface area contributed by atoms with Gasteiger partial charge in [0.2, 0.25) is 0 Å². The minimum absolute atomic E-state index is 0.885. The predicted molar refractivity (Wildman–Crippen MR) is 105 cm³/mol. The van der Waals surface area contributed by atoms with Gasteiger partial charge in [-0.3, -0.25) is 4.98 Å². The maximum Gasteiger partial charge on any atom is 0.165 e. The van der Waals surface area contributed by atoms with Crippen molar-refractivity contribution in [3.8, 4) is 11.1 Å². The number of aromatic nitrogens is 4. The monoisotopic (exact) mass is 343 g/mol. The van der Waals surface area contributed by atoms with E-state index in [-0.39, 0.29) is 0 Å². The maximum absolute atomic E-state index is 4.91. The van der Waals surface area contributed by atoms with E-state index in [1.54, 1.807) is 12.4 Å². The minimum atomic E-state index is 0.885. The largest absolute Gasteiger partial charge is 0.340 e. The number of anilines is 2. The lowest BCUT2D eigenvalue weighted by Gasteiger charge is -2.11. The van der Waals surface area contributed by atoms with Crippen LogP contribution in [0.1, 0.15) is 24.7 Å². The van der Waals surface area contributed by atoms with Gasteiger partial charge in [-0.1, -0.05) is 43.7 Å². The highest BCUT2D eigenvalue weighted by Crippen LogP contribution is 2.30. The fourth-order valence-electron chi connectivity index (χ4n) is 3.17. The van der Waals surface area contributed by atoms with Gasteiger partial charge >= 0.3 is 0 Å². The molecule has 1 N–H and O–H groups in total. The van der Waals surface area contributed by atoms with Gasteiger partial charge in [0.15, 0.2) is 5.65 Å². The van der Waals surface area contributed by atoms with Gasteiger partial charge in [0.05, 0.1) is 5.69 Å². The molecule has 5 nitrogen and oxygen atoms in total. The summed E-state index contributed by atoms with van der Waals surface area (Å²) in [5.74, 6) is 0.912. The first kappa shape index (κ1) is 16.3. The molecule has 26 heavy (non-hydrogen) atoms. The Balaban J connectivity index is 1.91.